The number of hydrogen-bond donors (Lipinski definition) is 2. The largest absolute Gasteiger partial charge is 0.349 e. The van der Waals surface area contributed by atoms with Crippen molar-refractivity contribution < 1.29 is 10.2 Å². The number of fused-ring (bicyclic) bond motifs is 1. The predicted octanol–water partition coefficient (Wildman–Crippen LogP) is 1.65. The number of benzene rings is 1. The minimum atomic E-state index is -1.79. The highest BCUT2D eigenvalue weighted by Crippen LogP contribution is 2.22. The van der Waals surface area contributed by atoms with Gasteiger partial charge in [-0.3, -0.25) is 4.57 Å². The minimum Gasteiger partial charge on any atom is -0.349 e. The van der Waals surface area contributed by atoms with Crippen LogP contribution in [0.25, 0.3) is 10.9 Å². The van der Waals surface area contributed by atoms with E-state index in [1.807, 2.05) is 30.3 Å². The second kappa shape index (κ2) is 3.12. The summed E-state index contributed by atoms with van der Waals surface area (Å²) in [6.45, 7) is 1.73. The van der Waals surface area contributed by atoms with Gasteiger partial charge in [-0.25, -0.2) is 0 Å². The van der Waals surface area contributed by atoms with Gasteiger partial charge in [-0.15, -0.1) is 0 Å². The standard InChI is InChI=1S/C11H13NO2/c1-2-11(13,14)12-8-7-9-5-3-4-6-10(9)12/h3-8,13-14H,2H2,1H3. The Morgan fingerprint density at radius 2 is 1.93 bits per heavy atom. The quantitative estimate of drug-likeness (QED) is 0.709. The van der Waals surface area contributed by atoms with Crippen LogP contribution >= 0.6 is 0 Å². The summed E-state index contributed by atoms with van der Waals surface area (Å²) in [5, 5.41) is 20.4. The van der Waals surface area contributed by atoms with Crippen molar-refractivity contribution in [3.63, 3.8) is 0 Å². The molecule has 0 spiro atoms. The van der Waals surface area contributed by atoms with Crippen molar-refractivity contribution >= 4 is 10.9 Å². The van der Waals surface area contributed by atoms with Crippen molar-refractivity contribution in [2.45, 2.75) is 19.3 Å². The topological polar surface area (TPSA) is 45.4 Å². The van der Waals surface area contributed by atoms with Crippen molar-refractivity contribution in [2.75, 3.05) is 0 Å². The summed E-state index contributed by atoms with van der Waals surface area (Å²) in [5.74, 6) is -1.79. The monoisotopic (exact) mass is 191 g/mol. The van der Waals surface area contributed by atoms with E-state index in [-0.39, 0.29) is 6.42 Å². The molecule has 0 bridgehead atoms. The molecule has 2 N–H and O–H groups in total. The molecule has 0 aliphatic carbocycles. The highest BCUT2D eigenvalue weighted by molar-refractivity contribution is 5.80. The van der Waals surface area contributed by atoms with Crippen LogP contribution in [-0.2, 0) is 5.91 Å². The van der Waals surface area contributed by atoms with Gasteiger partial charge in [-0.1, -0.05) is 25.1 Å². The van der Waals surface area contributed by atoms with Gasteiger partial charge < -0.3 is 10.2 Å². The maximum absolute atomic E-state index is 9.70. The van der Waals surface area contributed by atoms with Crippen LogP contribution < -0.4 is 0 Å². The lowest BCUT2D eigenvalue weighted by Gasteiger charge is -2.22. The molecule has 0 saturated heterocycles. The summed E-state index contributed by atoms with van der Waals surface area (Å²) >= 11 is 0. The Morgan fingerprint density at radius 1 is 1.21 bits per heavy atom. The van der Waals surface area contributed by atoms with Crippen LogP contribution in [-0.4, -0.2) is 14.8 Å². The zero-order valence-electron chi connectivity index (χ0n) is 8.01. The normalized spacial score (nSPS) is 12.2. The van der Waals surface area contributed by atoms with Crippen LogP contribution in [0, 0.1) is 0 Å². The van der Waals surface area contributed by atoms with Crippen molar-refractivity contribution in [3.8, 4) is 0 Å². The molecule has 0 amide bonds. The summed E-state index contributed by atoms with van der Waals surface area (Å²) in [7, 11) is 0. The summed E-state index contributed by atoms with van der Waals surface area (Å²) < 4.78 is 1.47. The Bertz CT molecular complexity index is 445. The lowest BCUT2D eigenvalue weighted by molar-refractivity contribution is -0.227. The molecule has 3 nitrogen and oxygen atoms in total. The van der Waals surface area contributed by atoms with Crippen LogP contribution in [0.15, 0.2) is 36.5 Å². The second-order valence-corrected chi connectivity index (χ2v) is 3.37. The van der Waals surface area contributed by atoms with E-state index in [4.69, 9.17) is 0 Å². The number of nitrogens with zero attached hydrogens (tertiary/aromatic N) is 1. The van der Waals surface area contributed by atoms with E-state index >= 15 is 0 Å². The lowest BCUT2D eigenvalue weighted by Crippen LogP contribution is -2.31. The Hall–Kier alpha value is -1.32. The van der Waals surface area contributed by atoms with Crippen molar-refractivity contribution in [2.24, 2.45) is 0 Å². The van der Waals surface area contributed by atoms with Gasteiger partial charge in [0, 0.05) is 12.6 Å². The Kier molecular flexibility index (Phi) is 2.06. The van der Waals surface area contributed by atoms with E-state index < -0.39 is 5.91 Å². The van der Waals surface area contributed by atoms with Gasteiger partial charge in [-0.2, -0.15) is 0 Å². The molecular formula is C11H13NO2. The molecule has 0 aliphatic heterocycles. The second-order valence-electron chi connectivity index (χ2n) is 3.37. The molecule has 74 valence electrons. The van der Waals surface area contributed by atoms with E-state index in [0.717, 1.165) is 10.9 Å². The van der Waals surface area contributed by atoms with Crippen molar-refractivity contribution in [1.82, 2.24) is 4.57 Å². The van der Waals surface area contributed by atoms with E-state index in [9.17, 15) is 10.2 Å². The molecule has 3 heteroatoms. The zero-order valence-corrected chi connectivity index (χ0v) is 8.01. The van der Waals surface area contributed by atoms with Gasteiger partial charge in [0.25, 0.3) is 0 Å². The first kappa shape index (κ1) is 9.24. The maximum atomic E-state index is 9.70. The van der Waals surface area contributed by atoms with Gasteiger partial charge in [0.05, 0.1) is 5.52 Å². The third kappa shape index (κ3) is 1.31. The first-order chi connectivity index (χ1) is 6.65. The third-order valence-corrected chi connectivity index (χ3v) is 2.46. The number of aliphatic hydroxyl groups is 2. The van der Waals surface area contributed by atoms with Gasteiger partial charge in [0.15, 0.2) is 0 Å². The average molecular weight is 191 g/mol. The molecule has 0 fully saturated rings. The smallest absolute Gasteiger partial charge is 0.250 e. The Labute approximate surface area is 82.2 Å². The number of para-hydroxylation sites is 1. The van der Waals surface area contributed by atoms with Gasteiger partial charge >= 0.3 is 0 Å². The van der Waals surface area contributed by atoms with E-state index in [1.54, 1.807) is 13.1 Å². The molecule has 2 rings (SSSR count). The summed E-state index contributed by atoms with van der Waals surface area (Å²) in [6, 6.07) is 9.48. The third-order valence-electron chi connectivity index (χ3n) is 2.46. The molecule has 1 heterocycles. The molecular weight excluding hydrogens is 178 g/mol. The molecule has 1 aromatic carbocycles. The van der Waals surface area contributed by atoms with E-state index in [2.05, 4.69) is 0 Å². The predicted molar refractivity (Wildman–Crippen MR) is 54.6 cm³/mol. The fourth-order valence-corrected chi connectivity index (χ4v) is 1.57. The van der Waals surface area contributed by atoms with Crippen LogP contribution in [0.5, 0.6) is 0 Å². The van der Waals surface area contributed by atoms with Crippen LogP contribution in [0.3, 0.4) is 0 Å². The van der Waals surface area contributed by atoms with E-state index in [1.165, 1.54) is 4.57 Å². The Balaban J connectivity index is 2.64. The molecule has 0 saturated carbocycles. The van der Waals surface area contributed by atoms with E-state index in [0.29, 0.717) is 0 Å². The molecule has 0 atom stereocenters. The fourth-order valence-electron chi connectivity index (χ4n) is 1.57. The number of aromatic nitrogens is 1. The highest BCUT2D eigenvalue weighted by atomic mass is 16.5. The first-order valence-electron chi connectivity index (χ1n) is 4.66. The molecule has 2 aromatic rings. The summed E-state index contributed by atoms with van der Waals surface area (Å²) in [5.41, 5.74) is 0.833. The number of rotatable bonds is 2. The molecule has 14 heavy (non-hydrogen) atoms. The van der Waals surface area contributed by atoms with Gasteiger partial charge in [-0.05, 0) is 17.5 Å². The van der Waals surface area contributed by atoms with Gasteiger partial charge in [0.2, 0.25) is 5.91 Å². The molecule has 1 aromatic heterocycles. The molecule has 0 unspecified atom stereocenters. The fraction of sp³-hybridized carbons (Fsp3) is 0.273. The van der Waals surface area contributed by atoms with Crippen molar-refractivity contribution in [1.29, 1.82) is 0 Å². The minimum absolute atomic E-state index is 0.256. The van der Waals surface area contributed by atoms with Crippen molar-refractivity contribution in [3.05, 3.63) is 36.5 Å². The summed E-state index contributed by atoms with van der Waals surface area (Å²) in [6.07, 6.45) is 1.94. The average Bonchev–Trinajstić information content (AvgIpc) is 2.61. The van der Waals surface area contributed by atoms with Gasteiger partial charge in [0.1, 0.15) is 0 Å². The van der Waals surface area contributed by atoms with Crippen LogP contribution in [0.4, 0.5) is 0 Å². The molecule has 0 radical (unpaired) electrons. The zero-order chi connectivity index (χ0) is 10.2. The molecule has 0 aliphatic rings. The Morgan fingerprint density at radius 3 is 2.64 bits per heavy atom. The maximum Gasteiger partial charge on any atom is 0.250 e. The number of hydrogen-bond acceptors (Lipinski definition) is 2. The lowest BCUT2D eigenvalue weighted by atomic mass is 10.2. The first-order valence-corrected chi connectivity index (χ1v) is 4.66. The van der Waals surface area contributed by atoms with Crippen LogP contribution in [0.2, 0.25) is 0 Å². The summed E-state index contributed by atoms with van der Waals surface area (Å²) in [4.78, 5) is 0. The SMILES string of the molecule is CCC(O)(O)n1ccc2ccccc21. The van der Waals surface area contributed by atoms with Crippen LogP contribution in [0.1, 0.15) is 13.3 Å². The highest BCUT2D eigenvalue weighted by Gasteiger charge is 2.23.